The molecule has 0 amide bonds. The summed E-state index contributed by atoms with van der Waals surface area (Å²) in [5.41, 5.74) is 2.54. The van der Waals surface area contributed by atoms with Gasteiger partial charge < -0.3 is 10.2 Å². The maximum atomic E-state index is 4.83. The highest BCUT2D eigenvalue weighted by atomic mass is 15.2. The highest BCUT2D eigenvalue weighted by Gasteiger charge is 2.20. The van der Waals surface area contributed by atoms with Crippen LogP contribution in [0.25, 0.3) is 0 Å². The number of nitrogens with one attached hydrogen (secondary N) is 1. The van der Waals surface area contributed by atoms with Crippen molar-refractivity contribution < 1.29 is 0 Å². The van der Waals surface area contributed by atoms with Gasteiger partial charge in [-0.25, -0.2) is 4.98 Å². The fourth-order valence-corrected chi connectivity index (χ4v) is 2.50. The third kappa shape index (κ3) is 3.02. The molecule has 1 aliphatic rings. The predicted octanol–water partition coefficient (Wildman–Crippen LogP) is 2.77. The topological polar surface area (TPSA) is 28.2 Å². The van der Waals surface area contributed by atoms with Crippen molar-refractivity contribution in [1.82, 2.24) is 10.3 Å². The molecule has 1 fully saturated rings. The van der Waals surface area contributed by atoms with Crippen molar-refractivity contribution in [1.29, 1.82) is 0 Å². The molecule has 0 aromatic carbocycles. The van der Waals surface area contributed by atoms with Gasteiger partial charge in [0.15, 0.2) is 0 Å². The van der Waals surface area contributed by atoms with Crippen LogP contribution < -0.4 is 10.2 Å². The average Bonchev–Trinajstić information content (AvgIpc) is 2.76. The van der Waals surface area contributed by atoms with Crippen LogP contribution in [0.2, 0.25) is 0 Å². The van der Waals surface area contributed by atoms with Gasteiger partial charge in [0.05, 0.1) is 0 Å². The molecule has 18 heavy (non-hydrogen) atoms. The molecule has 1 unspecified atom stereocenters. The minimum Gasteiger partial charge on any atom is -0.356 e. The number of nitrogens with zero attached hydrogens (tertiary/aromatic N) is 2. The van der Waals surface area contributed by atoms with E-state index >= 15 is 0 Å². The van der Waals surface area contributed by atoms with Crippen LogP contribution in [0, 0.1) is 5.92 Å². The molecule has 1 aromatic rings. The Balaban J connectivity index is 2.27. The van der Waals surface area contributed by atoms with Gasteiger partial charge in [-0.1, -0.05) is 20.8 Å². The van der Waals surface area contributed by atoms with E-state index < -0.39 is 0 Å². The van der Waals surface area contributed by atoms with Crippen molar-refractivity contribution in [2.24, 2.45) is 5.92 Å². The van der Waals surface area contributed by atoms with Crippen molar-refractivity contribution in [3.8, 4) is 0 Å². The molecule has 0 radical (unpaired) electrons. The Morgan fingerprint density at radius 2 is 2.22 bits per heavy atom. The first kappa shape index (κ1) is 13.3. The van der Waals surface area contributed by atoms with Crippen molar-refractivity contribution in [2.45, 2.75) is 39.7 Å². The maximum absolute atomic E-state index is 4.83. The smallest absolute Gasteiger partial charge is 0.129 e. The summed E-state index contributed by atoms with van der Waals surface area (Å²) in [7, 11) is 1.99. The number of hydrogen-bond donors (Lipinski definition) is 1. The van der Waals surface area contributed by atoms with Gasteiger partial charge in [-0.15, -0.1) is 0 Å². The summed E-state index contributed by atoms with van der Waals surface area (Å²) in [5.74, 6) is 2.44. The highest BCUT2D eigenvalue weighted by molar-refractivity contribution is 5.44. The van der Waals surface area contributed by atoms with Crippen LogP contribution in [-0.4, -0.2) is 25.1 Å². The van der Waals surface area contributed by atoms with Crippen molar-refractivity contribution in [3.05, 3.63) is 23.4 Å². The quantitative estimate of drug-likeness (QED) is 0.887. The van der Waals surface area contributed by atoms with Gasteiger partial charge in [-0.2, -0.15) is 0 Å². The molecule has 0 bridgehead atoms. The minimum atomic E-state index is 0.487. The molecule has 1 atom stereocenters. The van der Waals surface area contributed by atoms with E-state index in [0.29, 0.717) is 5.92 Å². The fourth-order valence-electron chi connectivity index (χ4n) is 2.50. The SMILES string of the molecule is CNCc1cc(C(C)C)nc(N2CCC(C)C2)c1. The van der Waals surface area contributed by atoms with Crippen LogP contribution in [0.1, 0.15) is 44.4 Å². The van der Waals surface area contributed by atoms with Gasteiger partial charge in [0.1, 0.15) is 5.82 Å². The minimum absolute atomic E-state index is 0.487. The van der Waals surface area contributed by atoms with E-state index in [1.165, 1.54) is 17.7 Å². The third-order valence-corrected chi connectivity index (χ3v) is 3.61. The average molecular weight is 247 g/mol. The molecule has 1 saturated heterocycles. The van der Waals surface area contributed by atoms with Crippen molar-refractivity contribution >= 4 is 5.82 Å². The number of aromatic nitrogens is 1. The lowest BCUT2D eigenvalue weighted by molar-refractivity contribution is 0.658. The van der Waals surface area contributed by atoms with Crippen molar-refractivity contribution in [3.63, 3.8) is 0 Å². The van der Waals surface area contributed by atoms with Crippen LogP contribution in [0.3, 0.4) is 0 Å². The highest BCUT2D eigenvalue weighted by Crippen LogP contribution is 2.25. The van der Waals surface area contributed by atoms with E-state index in [1.54, 1.807) is 0 Å². The summed E-state index contributed by atoms with van der Waals surface area (Å²) in [4.78, 5) is 7.26. The maximum Gasteiger partial charge on any atom is 0.129 e. The second-order valence-corrected chi connectivity index (χ2v) is 5.78. The van der Waals surface area contributed by atoms with E-state index in [1.807, 2.05) is 7.05 Å². The Morgan fingerprint density at radius 3 is 2.78 bits per heavy atom. The number of hydrogen-bond acceptors (Lipinski definition) is 3. The Hall–Kier alpha value is -1.09. The Bertz CT molecular complexity index is 401. The molecule has 3 heteroatoms. The van der Waals surface area contributed by atoms with E-state index in [4.69, 9.17) is 4.98 Å². The molecule has 2 rings (SSSR count). The van der Waals surface area contributed by atoms with Crippen molar-refractivity contribution in [2.75, 3.05) is 25.0 Å². The Morgan fingerprint density at radius 1 is 1.44 bits per heavy atom. The standard InChI is InChI=1S/C15H25N3/c1-11(2)14-7-13(9-16-4)8-15(17-14)18-6-5-12(3)10-18/h7-8,11-12,16H,5-6,9-10H2,1-4H3. The molecule has 0 aliphatic carbocycles. The fraction of sp³-hybridized carbons (Fsp3) is 0.667. The van der Waals surface area contributed by atoms with Gasteiger partial charge in [-0.3, -0.25) is 0 Å². The summed E-state index contributed by atoms with van der Waals surface area (Å²) in [5, 5.41) is 3.23. The van der Waals surface area contributed by atoms with Crippen LogP contribution in [0.4, 0.5) is 5.82 Å². The second kappa shape index (κ2) is 5.70. The normalized spacial score (nSPS) is 19.8. The van der Waals surface area contributed by atoms with Crippen LogP contribution in [-0.2, 0) is 6.54 Å². The molecule has 1 aliphatic heterocycles. The van der Waals surface area contributed by atoms with E-state index in [2.05, 4.69) is 43.1 Å². The molecule has 100 valence electrons. The molecular weight excluding hydrogens is 222 g/mol. The zero-order valence-corrected chi connectivity index (χ0v) is 12.0. The Labute approximate surface area is 111 Å². The van der Waals surface area contributed by atoms with Crippen LogP contribution >= 0.6 is 0 Å². The molecule has 0 spiro atoms. The summed E-state index contributed by atoms with van der Waals surface area (Å²) in [6, 6.07) is 4.46. The zero-order valence-electron chi connectivity index (χ0n) is 12.0. The van der Waals surface area contributed by atoms with Gasteiger partial charge in [-0.05, 0) is 43.0 Å². The van der Waals surface area contributed by atoms with Gasteiger partial charge in [0.2, 0.25) is 0 Å². The lowest BCUT2D eigenvalue weighted by Gasteiger charge is -2.20. The third-order valence-electron chi connectivity index (χ3n) is 3.61. The monoisotopic (exact) mass is 247 g/mol. The van der Waals surface area contributed by atoms with Gasteiger partial charge >= 0.3 is 0 Å². The van der Waals surface area contributed by atoms with Crippen LogP contribution in [0.5, 0.6) is 0 Å². The first-order valence-electron chi connectivity index (χ1n) is 7.00. The summed E-state index contributed by atoms with van der Waals surface area (Å²) < 4.78 is 0. The van der Waals surface area contributed by atoms with Gasteiger partial charge in [0, 0.05) is 25.3 Å². The molecular formula is C15H25N3. The molecule has 0 saturated carbocycles. The first-order chi connectivity index (χ1) is 8.60. The molecule has 3 nitrogen and oxygen atoms in total. The largest absolute Gasteiger partial charge is 0.356 e. The van der Waals surface area contributed by atoms with E-state index in [-0.39, 0.29) is 0 Å². The molecule has 2 heterocycles. The van der Waals surface area contributed by atoms with E-state index in [9.17, 15) is 0 Å². The summed E-state index contributed by atoms with van der Waals surface area (Å²) >= 11 is 0. The first-order valence-corrected chi connectivity index (χ1v) is 7.00. The number of rotatable bonds is 4. The number of pyridine rings is 1. The zero-order chi connectivity index (χ0) is 13.1. The number of anilines is 1. The molecule has 1 aromatic heterocycles. The molecule has 1 N–H and O–H groups in total. The predicted molar refractivity (Wildman–Crippen MR) is 77.1 cm³/mol. The lowest BCUT2D eigenvalue weighted by atomic mass is 10.1. The summed E-state index contributed by atoms with van der Waals surface area (Å²) in [6.45, 7) is 9.95. The summed E-state index contributed by atoms with van der Waals surface area (Å²) in [6.07, 6.45) is 1.29. The van der Waals surface area contributed by atoms with Crippen LogP contribution in [0.15, 0.2) is 12.1 Å². The Kier molecular flexibility index (Phi) is 4.23. The van der Waals surface area contributed by atoms with Gasteiger partial charge in [0.25, 0.3) is 0 Å². The second-order valence-electron chi connectivity index (χ2n) is 5.78. The van der Waals surface area contributed by atoms with E-state index in [0.717, 1.165) is 31.4 Å². The lowest BCUT2D eigenvalue weighted by Crippen LogP contribution is -2.21.